The van der Waals surface area contributed by atoms with Gasteiger partial charge in [0.25, 0.3) is 0 Å². The summed E-state index contributed by atoms with van der Waals surface area (Å²) < 4.78 is 30.2. The smallest absolute Gasteiger partial charge is 0.217 e. The highest BCUT2D eigenvalue weighted by Crippen LogP contribution is 2.35. The Kier molecular flexibility index (Phi) is 7.47. The average Bonchev–Trinajstić information content (AvgIpc) is 2.82. The third kappa shape index (κ3) is 5.33. The van der Waals surface area contributed by atoms with Gasteiger partial charge in [-0.3, -0.25) is 4.79 Å². The van der Waals surface area contributed by atoms with Crippen molar-refractivity contribution in [2.45, 2.75) is 50.5 Å². The summed E-state index contributed by atoms with van der Waals surface area (Å²) in [6, 6.07) is 20.5. The first-order valence-corrected chi connectivity index (χ1v) is 10.5. The molecule has 2 aromatic rings. The number of fused-ring (bicyclic) bond motifs is 1. The molecule has 0 radical (unpaired) electrons. The summed E-state index contributed by atoms with van der Waals surface area (Å²) in [7, 11) is 0. The molecule has 6 atom stereocenters. The molecular weight excluding hydrogens is 412 g/mol. The lowest BCUT2D eigenvalue weighted by Gasteiger charge is -2.49. The lowest BCUT2D eigenvalue weighted by Crippen LogP contribution is -2.67. The van der Waals surface area contributed by atoms with Crippen molar-refractivity contribution >= 4 is 5.91 Å². The summed E-state index contributed by atoms with van der Waals surface area (Å²) in [6.07, 6.45) is -3.10. The van der Waals surface area contributed by atoms with Gasteiger partial charge in [-0.25, -0.2) is 0 Å². The minimum atomic E-state index is -0.801. The normalized spacial score (nSPS) is 29.5. The van der Waals surface area contributed by atoms with Crippen LogP contribution in [-0.2, 0) is 35.1 Å². The minimum absolute atomic E-state index is 0.157. The Bertz CT molecular complexity index is 919. The molecule has 0 spiro atoms. The number of nitriles is 1. The van der Waals surface area contributed by atoms with Crippen molar-refractivity contribution < 1.29 is 28.5 Å². The van der Waals surface area contributed by atoms with Crippen molar-refractivity contribution in [2.24, 2.45) is 0 Å². The summed E-state index contributed by atoms with van der Waals surface area (Å²) in [5.74, 6) is -0.261. The van der Waals surface area contributed by atoms with Gasteiger partial charge in [0.05, 0.1) is 19.3 Å². The summed E-state index contributed by atoms with van der Waals surface area (Å²) in [6.45, 7) is 1.81. The molecule has 0 unspecified atom stereocenters. The summed E-state index contributed by atoms with van der Waals surface area (Å²) in [5.41, 5.74) is 1.83. The zero-order valence-electron chi connectivity index (χ0n) is 17.8. The van der Waals surface area contributed by atoms with E-state index < -0.39 is 36.9 Å². The molecule has 2 saturated heterocycles. The molecule has 8 heteroatoms. The summed E-state index contributed by atoms with van der Waals surface area (Å²) in [5, 5.41) is 12.0. The molecule has 2 aliphatic rings. The number of carbonyl (C=O) groups excluding carboxylic acids is 1. The van der Waals surface area contributed by atoms with E-state index in [0.717, 1.165) is 11.1 Å². The van der Waals surface area contributed by atoms with Crippen LogP contribution < -0.4 is 5.32 Å². The van der Waals surface area contributed by atoms with Crippen molar-refractivity contribution in [3.8, 4) is 6.07 Å². The van der Waals surface area contributed by atoms with E-state index in [1.54, 1.807) is 0 Å². The maximum absolute atomic E-state index is 12.0. The van der Waals surface area contributed by atoms with Crippen molar-refractivity contribution in [1.29, 1.82) is 5.26 Å². The zero-order chi connectivity index (χ0) is 22.3. The molecule has 8 nitrogen and oxygen atoms in total. The Hall–Kier alpha value is -2.80. The van der Waals surface area contributed by atoms with Gasteiger partial charge in [0.15, 0.2) is 12.6 Å². The third-order valence-corrected chi connectivity index (χ3v) is 5.38. The molecule has 2 aliphatic heterocycles. The highest BCUT2D eigenvalue weighted by molar-refractivity contribution is 5.73. The molecule has 32 heavy (non-hydrogen) atoms. The second-order valence-electron chi connectivity index (χ2n) is 7.68. The number of hydrogen-bond donors (Lipinski definition) is 1. The van der Waals surface area contributed by atoms with Gasteiger partial charge in [0, 0.05) is 12.5 Å². The van der Waals surface area contributed by atoms with Crippen molar-refractivity contribution in [2.75, 3.05) is 13.2 Å². The Balaban J connectivity index is 1.55. The SMILES string of the molecule is CC(=O)N[C@@H]1[C@H](OCc2ccccc2)O[C@@H]2CO[C@H](c3ccccc3)O[C@H]2[C@H]1OCC#N. The van der Waals surface area contributed by atoms with E-state index in [4.69, 9.17) is 28.9 Å². The highest BCUT2D eigenvalue weighted by Gasteiger charge is 2.51. The largest absolute Gasteiger partial charge is 0.358 e. The number of rotatable bonds is 7. The predicted octanol–water partition coefficient (Wildman–Crippen LogP) is 2.46. The monoisotopic (exact) mass is 438 g/mol. The van der Waals surface area contributed by atoms with E-state index in [1.807, 2.05) is 66.7 Å². The van der Waals surface area contributed by atoms with Crippen LogP contribution in [0.3, 0.4) is 0 Å². The molecule has 168 valence electrons. The van der Waals surface area contributed by atoms with Crippen LogP contribution >= 0.6 is 0 Å². The van der Waals surface area contributed by atoms with E-state index in [9.17, 15) is 4.79 Å². The molecule has 0 aromatic heterocycles. The van der Waals surface area contributed by atoms with E-state index in [0.29, 0.717) is 0 Å². The maximum atomic E-state index is 12.0. The topological polar surface area (TPSA) is 99.0 Å². The highest BCUT2D eigenvalue weighted by atomic mass is 16.7. The van der Waals surface area contributed by atoms with Gasteiger partial charge in [-0.2, -0.15) is 5.26 Å². The Morgan fingerprint density at radius 3 is 2.50 bits per heavy atom. The zero-order valence-corrected chi connectivity index (χ0v) is 17.8. The number of carbonyl (C=O) groups is 1. The first-order valence-electron chi connectivity index (χ1n) is 10.5. The molecule has 0 aliphatic carbocycles. The molecule has 4 rings (SSSR count). The van der Waals surface area contributed by atoms with Crippen LogP contribution in [0, 0.1) is 11.3 Å². The fourth-order valence-electron chi connectivity index (χ4n) is 3.97. The number of amides is 1. The fraction of sp³-hybridized carbons (Fsp3) is 0.417. The van der Waals surface area contributed by atoms with E-state index in [-0.39, 0.29) is 25.7 Å². The number of nitrogens with zero attached hydrogens (tertiary/aromatic N) is 1. The molecule has 2 fully saturated rings. The Morgan fingerprint density at radius 2 is 1.81 bits per heavy atom. The second-order valence-corrected chi connectivity index (χ2v) is 7.68. The summed E-state index contributed by atoms with van der Waals surface area (Å²) in [4.78, 5) is 12.0. The van der Waals surface area contributed by atoms with Crippen LogP contribution in [0.5, 0.6) is 0 Å². The summed E-state index contributed by atoms with van der Waals surface area (Å²) >= 11 is 0. The Morgan fingerprint density at radius 1 is 1.09 bits per heavy atom. The Labute approximate surface area is 187 Å². The van der Waals surface area contributed by atoms with Gasteiger partial charge < -0.3 is 29.0 Å². The van der Waals surface area contributed by atoms with Crippen LogP contribution in [0.15, 0.2) is 60.7 Å². The van der Waals surface area contributed by atoms with Crippen LogP contribution in [0.25, 0.3) is 0 Å². The molecule has 1 amide bonds. The van der Waals surface area contributed by atoms with Gasteiger partial charge in [-0.05, 0) is 5.56 Å². The van der Waals surface area contributed by atoms with Crippen molar-refractivity contribution in [1.82, 2.24) is 5.32 Å². The lowest BCUT2D eigenvalue weighted by molar-refractivity contribution is -0.348. The number of nitrogens with one attached hydrogen (secondary N) is 1. The number of benzene rings is 2. The van der Waals surface area contributed by atoms with E-state index in [2.05, 4.69) is 5.32 Å². The quantitative estimate of drug-likeness (QED) is 0.709. The molecular formula is C24H26N2O6. The molecule has 2 aromatic carbocycles. The first kappa shape index (κ1) is 22.4. The molecule has 2 heterocycles. The van der Waals surface area contributed by atoms with Crippen LogP contribution in [0.4, 0.5) is 0 Å². The van der Waals surface area contributed by atoms with Crippen LogP contribution in [0.1, 0.15) is 24.3 Å². The maximum Gasteiger partial charge on any atom is 0.217 e. The minimum Gasteiger partial charge on any atom is -0.358 e. The van der Waals surface area contributed by atoms with Crippen LogP contribution in [0.2, 0.25) is 0 Å². The fourth-order valence-corrected chi connectivity index (χ4v) is 3.97. The number of hydrogen-bond acceptors (Lipinski definition) is 7. The third-order valence-electron chi connectivity index (χ3n) is 5.38. The van der Waals surface area contributed by atoms with E-state index >= 15 is 0 Å². The van der Waals surface area contributed by atoms with Gasteiger partial charge in [-0.1, -0.05) is 60.7 Å². The van der Waals surface area contributed by atoms with Crippen LogP contribution in [-0.4, -0.2) is 49.8 Å². The molecule has 0 bridgehead atoms. The molecule has 0 saturated carbocycles. The lowest BCUT2D eigenvalue weighted by atomic mass is 9.95. The standard InChI is InChI=1S/C24H26N2O6/c1-16(27)26-20-22(28-13-12-25)21-19(15-30-23(32-21)18-10-6-3-7-11-18)31-24(20)29-14-17-8-4-2-5-9-17/h2-11,19-24H,13-15H2,1H3,(H,26,27)/t19-,20+,21-,22+,23+,24-/m1/s1. The average molecular weight is 438 g/mol. The van der Waals surface area contributed by atoms with Gasteiger partial charge in [0.2, 0.25) is 5.91 Å². The van der Waals surface area contributed by atoms with Gasteiger partial charge in [0.1, 0.15) is 31.0 Å². The van der Waals surface area contributed by atoms with E-state index in [1.165, 1.54) is 6.92 Å². The first-order chi connectivity index (χ1) is 15.7. The molecule has 1 N–H and O–H groups in total. The second kappa shape index (κ2) is 10.7. The van der Waals surface area contributed by atoms with Gasteiger partial charge >= 0.3 is 0 Å². The van der Waals surface area contributed by atoms with Gasteiger partial charge in [-0.15, -0.1) is 0 Å². The van der Waals surface area contributed by atoms with Crippen molar-refractivity contribution in [3.63, 3.8) is 0 Å². The number of ether oxygens (including phenoxy) is 5. The van der Waals surface area contributed by atoms with Crippen molar-refractivity contribution in [3.05, 3.63) is 71.8 Å². The predicted molar refractivity (Wildman–Crippen MR) is 113 cm³/mol.